The minimum Gasteiger partial charge on any atom is -0.330 e. The molecule has 0 aliphatic rings. The van der Waals surface area contributed by atoms with Crippen molar-refractivity contribution in [2.45, 2.75) is 6.42 Å². The molecular formula is C7H12N2O. The predicted octanol–water partition coefficient (Wildman–Crippen LogP) is 0.151. The molecule has 0 aliphatic carbocycles. The summed E-state index contributed by atoms with van der Waals surface area (Å²) < 4.78 is 0. The van der Waals surface area contributed by atoms with Crippen molar-refractivity contribution in [1.29, 1.82) is 0 Å². The molecule has 0 aliphatic heterocycles. The fourth-order valence-electron chi connectivity index (χ4n) is 0.424. The van der Waals surface area contributed by atoms with Gasteiger partial charge in [0.1, 0.15) is 0 Å². The van der Waals surface area contributed by atoms with Crippen molar-refractivity contribution in [3.05, 3.63) is 24.9 Å². The second-order valence-electron chi connectivity index (χ2n) is 1.82. The zero-order valence-electron chi connectivity index (χ0n) is 5.89. The fraction of sp³-hybridized carbons (Fsp3) is 0.286. The molecule has 56 valence electrons. The molecule has 3 heteroatoms. The second-order valence-corrected chi connectivity index (χ2v) is 1.82. The van der Waals surface area contributed by atoms with Crippen LogP contribution in [0.25, 0.3) is 0 Å². The number of rotatable bonds is 4. The average molecular weight is 140 g/mol. The van der Waals surface area contributed by atoms with Crippen molar-refractivity contribution in [1.82, 2.24) is 5.32 Å². The number of nitrogens with one attached hydrogen (secondary N) is 1. The van der Waals surface area contributed by atoms with Crippen LogP contribution in [0.1, 0.15) is 6.42 Å². The van der Waals surface area contributed by atoms with Crippen LogP contribution < -0.4 is 11.1 Å². The first-order valence-corrected chi connectivity index (χ1v) is 3.02. The fourth-order valence-corrected chi connectivity index (χ4v) is 0.424. The molecule has 0 bridgehead atoms. The molecule has 0 radical (unpaired) electrons. The van der Waals surface area contributed by atoms with E-state index in [1.165, 1.54) is 6.08 Å². The first kappa shape index (κ1) is 8.91. The smallest absolute Gasteiger partial charge is 0.225 e. The summed E-state index contributed by atoms with van der Waals surface area (Å²) in [5, 5.41) is 2.50. The van der Waals surface area contributed by atoms with E-state index in [0.717, 1.165) is 0 Å². The van der Waals surface area contributed by atoms with E-state index >= 15 is 0 Å². The van der Waals surface area contributed by atoms with E-state index < -0.39 is 0 Å². The van der Waals surface area contributed by atoms with Crippen molar-refractivity contribution < 1.29 is 4.79 Å². The summed E-state index contributed by atoms with van der Waals surface area (Å²) in [5.74, 6) is -0.118. The van der Waals surface area contributed by atoms with Crippen LogP contribution in [0.3, 0.4) is 0 Å². The molecule has 0 spiro atoms. The van der Waals surface area contributed by atoms with E-state index in [2.05, 4.69) is 18.5 Å². The van der Waals surface area contributed by atoms with Gasteiger partial charge in [0.2, 0.25) is 5.91 Å². The summed E-state index contributed by atoms with van der Waals surface area (Å²) in [6.07, 6.45) is 1.81. The first-order valence-electron chi connectivity index (χ1n) is 3.02. The Hall–Kier alpha value is -1.09. The highest BCUT2D eigenvalue weighted by Crippen LogP contribution is 1.84. The van der Waals surface area contributed by atoms with Crippen LogP contribution in [0.2, 0.25) is 0 Å². The Balaban J connectivity index is 3.57. The van der Waals surface area contributed by atoms with Crippen LogP contribution in [0.15, 0.2) is 24.9 Å². The van der Waals surface area contributed by atoms with Crippen molar-refractivity contribution in [2.75, 3.05) is 6.54 Å². The van der Waals surface area contributed by atoms with Gasteiger partial charge in [0.05, 0.1) is 0 Å². The third-order valence-corrected chi connectivity index (χ3v) is 0.918. The molecule has 0 aromatic carbocycles. The zero-order valence-corrected chi connectivity index (χ0v) is 5.89. The summed E-state index contributed by atoms with van der Waals surface area (Å²) in [6.45, 7) is 7.29. The molecule has 3 nitrogen and oxygen atoms in total. The van der Waals surface area contributed by atoms with E-state index in [9.17, 15) is 4.79 Å². The summed E-state index contributed by atoms with van der Waals surface area (Å²) >= 11 is 0. The van der Waals surface area contributed by atoms with E-state index in [1.807, 2.05) is 0 Å². The Bertz CT molecular complexity index is 152. The third kappa shape index (κ3) is 3.86. The van der Waals surface area contributed by atoms with Gasteiger partial charge in [0.25, 0.3) is 0 Å². The zero-order chi connectivity index (χ0) is 7.98. The molecule has 0 aromatic heterocycles. The van der Waals surface area contributed by atoms with Crippen molar-refractivity contribution >= 4 is 5.91 Å². The number of amides is 1. The highest BCUT2D eigenvalue weighted by molar-refractivity contribution is 5.78. The molecular weight excluding hydrogens is 128 g/mol. The highest BCUT2D eigenvalue weighted by Gasteiger charge is 1.96. The molecule has 0 unspecified atom stereocenters. The van der Waals surface area contributed by atoms with Crippen LogP contribution in [0, 0.1) is 0 Å². The van der Waals surface area contributed by atoms with Crippen molar-refractivity contribution in [3.8, 4) is 0 Å². The van der Waals surface area contributed by atoms with Crippen LogP contribution in [-0.4, -0.2) is 12.5 Å². The topological polar surface area (TPSA) is 55.1 Å². The van der Waals surface area contributed by atoms with Crippen molar-refractivity contribution in [2.24, 2.45) is 5.73 Å². The van der Waals surface area contributed by atoms with Gasteiger partial charge in [0, 0.05) is 18.7 Å². The van der Waals surface area contributed by atoms with Gasteiger partial charge in [-0.3, -0.25) is 4.79 Å². The maximum atomic E-state index is 10.7. The lowest BCUT2D eigenvalue weighted by molar-refractivity contribution is -0.120. The molecule has 0 fully saturated rings. The lowest BCUT2D eigenvalue weighted by Crippen LogP contribution is -2.23. The number of carbonyl (C=O) groups excluding carboxylic acids is 1. The minimum absolute atomic E-state index is 0.118. The number of hydrogen-bond donors (Lipinski definition) is 2. The van der Waals surface area contributed by atoms with Crippen LogP contribution >= 0.6 is 0 Å². The number of carbonyl (C=O) groups is 1. The minimum atomic E-state index is -0.118. The van der Waals surface area contributed by atoms with E-state index in [0.29, 0.717) is 18.7 Å². The van der Waals surface area contributed by atoms with Gasteiger partial charge in [-0.25, -0.2) is 0 Å². The van der Waals surface area contributed by atoms with Crippen LogP contribution in [0.5, 0.6) is 0 Å². The molecule has 1 amide bonds. The van der Waals surface area contributed by atoms with Gasteiger partial charge < -0.3 is 11.1 Å². The largest absolute Gasteiger partial charge is 0.330 e. The molecule has 0 rings (SSSR count). The molecule has 0 aromatic rings. The maximum absolute atomic E-state index is 10.7. The Morgan fingerprint density at radius 2 is 2.30 bits per heavy atom. The first-order chi connectivity index (χ1) is 4.70. The lowest BCUT2D eigenvalue weighted by Gasteiger charge is -2.00. The number of allylic oxidation sites excluding steroid dienone is 1. The Morgan fingerprint density at radius 3 is 2.70 bits per heavy atom. The predicted molar refractivity (Wildman–Crippen MR) is 41.2 cm³/mol. The summed E-state index contributed by atoms with van der Waals surface area (Å²) in [5.41, 5.74) is 5.64. The van der Waals surface area contributed by atoms with E-state index in [1.54, 1.807) is 0 Å². The monoisotopic (exact) mass is 140 g/mol. The summed E-state index contributed by atoms with van der Waals surface area (Å²) in [4.78, 5) is 10.7. The maximum Gasteiger partial charge on any atom is 0.225 e. The van der Waals surface area contributed by atoms with Gasteiger partial charge in [-0.2, -0.15) is 0 Å². The van der Waals surface area contributed by atoms with Gasteiger partial charge in [-0.15, -0.1) is 0 Å². The molecule has 3 N–H and O–H groups in total. The summed E-state index contributed by atoms with van der Waals surface area (Å²) in [7, 11) is 0. The number of hydrogen-bond acceptors (Lipinski definition) is 2. The molecule has 10 heavy (non-hydrogen) atoms. The van der Waals surface area contributed by atoms with E-state index in [4.69, 9.17) is 5.73 Å². The Kier molecular flexibility index (Phi) is 4.24. The third-order valence-electron chi connectivity index (χ3n) is 0.918. The van der Waals surface area contributed by atoms with E-state index in [-0.39, 0.29) is 5.91 Å². The SMILES string of the molecule is C=CC(=C)NC(=O)CCN. The van der Waals surface area contributed by atoms with Gasteiger partial charge >= 0.3 is 0 Å². The Morgan fingerprint density at radius 1 is 1.70 bits per heavy atom. The van der Waals surface area contributed by atoms with Crippen molar-refractivity contribution in [3.63, 3.8) is 0 Å². The number of nitrogens with two attached hydrogens (primary N) is 1. The quantitative estimate of drug-likeness (QED) is 0.546. The second kappa shape index (κ2) is 4.76. The normalized spacial score (nSPS) is 8.50. The summed E-state index contributed by atoms with van der Waals surface area (Å²) in [6, 6.07) is 0. The molecule has 0 atom stereocenters. The molecule has 0 saturated heterocycles. The van der Waals surface area contributed by atoms with Gasteiger partial charge in [-0.1, -0.05) is 13.2 Å². The standard InChI is InChI=1S/C7H12N2O/c1-3-6(2)9-7(10)4-5-8/h3H,1-2,4-5,8H2,(H,9,10). The molecule has 0 saturated carbocycles. The van der Waals surface area contributed by atoms with Gasteiger partial charge in [0.15, 0.2) is 0 Å². The average Bonchev–Trinajstić information content (AvgIpc) is 1.88. The lowest BCUT2D eigenvalue weighted by atomic mass is 10.4. The van der Waals surface area contributed by atoms with Crippen LogP contribution in [0.4, 0.5) is 0 Å². The van der Waals surface area contributed by atoms with Crippen LogP contribution in [-0.2, 0) is 4.79 Å². The van der Waals surface area contributed by atoms with Gasteiger partial charge in [-0.05, 0) is 6.08 Å². The Labute approximate surface area is 60.6 Å². The molecule has 0 heterocycles. The highest BCUT2D eigenvalue weighted by atomic mass is 16.1.